The topological polar surface area (TPSA) is 25.8 Å². The zero-order chi connectivity index (χ0) is 25.0. The van der Waals surface area contributed by atoms with E-state index in [4.69, 9.17) is 9.97 Å². The zero-order valence-electron chi connectivity index (χ0n) is 20.7. The lowest BCUT2D eigenvalue weighted by Gasteiger charge is -2.11. The molecule has 2 heteroatoms. The average Bonchev–Trinajstić information content (AvgIpc) is 2.98. The summed E-state index contributed by atoms with van der Waals surface area (Å²) in [6, 6.07) is 48.5. The van der Waals surface area contributed by atoms with Crippen molar-refractivity contribution in [2.45, 2.75) is 6.92 Å². The first kappa shape index (κ1) is 22.6. The lowest BCUT2D eigenvalue weighted by Crippen LogP contribution is -1.96. The molecule has 0 amide bonds. The maximum atomic E-state index is 5.08. The molecular formula is C35H26N2. The molecule has 0 bridgehead atoms. The van der Waals surface area contributed by atoms with Crippen molar-refractivity contribution in [1.82, 2.24) is 9.97 Å². The summed E-state index contributed by atoms with van der Waals surface area (Å²) >= 11 is 0. The average molecular weight is 475 g/mol. The normalized spacial score (nSPS) is 10.8. The maximum Gasteiger partial charge on any atom is 0.160 e. The molecule has 0 aliphatic carbocycles. The third kappa shape index (κ3) is 4.96. The Hall–Kier alpha value is -4.82. The fourth-order valence-corrected chi connectivity index (χ4v) is 4.55. The van der Waals surface area contributed by atoms with Crippen LogP contribution in [0.15, 0.2) is 140 Å². The molecule has 1 aromatic heterocycles. The highest BCUT2D eigenvalue weighted by Crippen LogP contribution is 2.31. The molecule has 2 nitrogen and oxygen atoms in total. The first-order chi connectivity index (χ1) is 18.2. The molecule has 0 saturated carbocycles. The molecule has 5 aromatic carbocycles. The lowest BCUT2D eigenvalue weighted by atomic mass is 10.00. The van der Waals surface area contributed by atoms with E-state index >= 15 is 0 Å². The van der Waals surface area contributed by atoms with Crippen LogP contribution in [0.3, 0.4) is 0 Å². The smallest absolute Gasteiger partial charge is 0.160 e. The van der Waals surface area contributed by atoms with Crippen LogP contribution in [0, 0.1) is 6.92 Å². The van der Waals surface area contributed by atoms with E-state index in [2.05, 4.69) is 134 Å². The summed E-state index contributed by atoms with van der Waals surface area (Å²) in [5, 5.41) is 0. The molecule has 1 heterocycles. The first-order valence-electron chi connectivity index (χ1n) is 12.5. The van der Waals surface area contributed by atoms with Crippen molar-refractivity contribution in [3.8, 4) is 56.2 Å². The predicted octanol–water partition coefficient (Wildman–Crippen LogP) is 9.12. The largest absolute Gasteiger partial charge is 0.228 e. The van der Waals surface area contributed by atoms with Gasteiger partial charge >= 0.3 is 0 Å². The molecule has 176 valence electrons. The van der Waals surface area contributed by atoms with Gasteiger partial charge in [-0.3, -0.25) is 0 Å². The summed E-state index contributed by atoms with van der Waals surface area (Å²) in [6.07, 6.45) is 0. The van der Waals surface area contributed by atoms with E-state index in [0.29, 0.717) is 0 Å². The van der Waals surface area contributed by atoms with E-state index in [1.807, 2.05) is 12.1 Å². The van der Waals surface area contributed by atoms with Gasteiger partial charge in [0.1, 0.15) is 0 Å². The number of nitrogens with zero attached hydrogens (tertiary/aromatic N) is 2. The third-order valence-electron chi connectivity index (χ3n) is 6.57. The molecule has 6 rings (SSSR count). The Morgan fingerprint density at radius 1 is 0.351 bits per heavy atom. The Bertz CT molecular complexity index is 1550. The van der Waals surface area contributed by atoms with E-state index in [-0.39, 0.29) is 0 Å². The van der Waals surface area contributed by atoms with Gasteiger partial charge in [0.25, 0.3) is 0 Å². The van der Waals surface area contributed by atoms with Gasteiger partial charge in [-0.1, -0.05) is 127 Å². The summed E-state index contributed by atoms with van der Waals surface area (Å²) in [5.74, 6) is 0.718. The Kier molecular flexibility index (Phi) is 6.14. The summed E-state index contributed by atoms with van der Waals surface area (Å²) in [6.45, 7) is 2.10. The highest BCUT2D eigenvalue weighted by atomic mass is 14.9. The van der Waals surface area contributed by atoms with Crippen LogP contribution in [0.5, 0.6) is 0 Å². The van der Waals surface area contributed by atoms with Crippen molar-refractivity contribution < 1.29 is 0 Å². The highest BCUT2D eigenvalue weighted by molar-refractivity contribution is 5.77. The minimum atomic E-state index is 0.718. The second-order valence-corrected chi connectivity index (χ2v) is 9.22. The summed E-state index contributed by atoms with van der Waals surface area (Å²) in [5.41, 5.74) is 10.9. The molecule has 0 N–H and O–H groups in total. The quantitative estimate of drug-likeness (QED) is 0.249. The first-order valence-corrected chi connectivity index (χ1v) is 12.5. The Morgan fingerprint density at radius 3 is 1.41 bits per heavy atom. The Morgan fingerprint density at radius 2 is 0.811 bits per heavy atom. The van der Waals surface area contributed by atoms with Gasteiger partial charge in [-0.25, -0.2) is 9.97 Å². The van der Waals surface area contributed by atoms with Crippen LogP contribution in [0.1, 0.15) is 5.56 Å². The summed E-state index contributed by atoms with van der Waals surface area (Å²) in [7, 11) is 0. The fraction of sp³-hybridized carbons (Fsp3) is 0.0286. The Labute approximate surface area is 218 Å². The number of hydrogen-bond donors (Lipinski definition) is 0. The minimum absolute atomic E-state index is 0.718. The fourth-order valence-electron chi connectivity index (χ4n) is 4.55. The minimum Gasteiger partial charge on any atom is -0.228 e. The molecule has 37 heavy (non-hydrogen) atoms. The van der Waals surface area contributed by atoms with Crippen molar-refractivity contribution in [2.75, 3.05) is 0 Å². The van der Waals surface area contributed by atoms with Gasteiger partial charge in [0.05, 0.1) is 11.4 Å². The predicted molar refractivity (Wildman–Crippen MR) is 154 cm³/mol. The lowest BCUT2D eigenvalue weighted by molar-refractivity contribution is 1.18. The zero-order valence-corrected chi connectivity index (χ0v) is 20.7. The number of hydrogen-bond acceptors (Lipinski definition) is 2. The molecule has 0 aliphatic heterocycles. The SMILES string of the molecule is Cc1ccc(-c2cc(-c3cccc(-c4ccccc4)c3)nc(-c3cccc(-c4ccccc4)c3)n2)cc1. The van der Waals surface area contributed by atoms with E-state index in [0.717, 1.165) is 39.5 Å². The molecular weight excluding hydrogens is 448 g/mol. The van der Waals surface area contributed by atoms with Crippen molar-refractivity contribution in [1.29, 1.82) is 0 Å². The van der Waals surface area contributed by atoms with E-state index < -0.39 is 0 Å². The number of aryl methyl sites for hydroxylation is 1. The van der Waals surface area contributed by atoms with Crippen LogP contribution in [-0.2, 0) is 0 Å². The van der Waals surface area contributed by atoms with E-state index in [1.54, 1.807) is 0 Å². The third-order valence-corrected chi connectivity index (χ3v) is 6.57. The molecule has 0 atom stereocenters. The Balaban J connectivity index is 1.50. The van der Waals surface area contributed by atoms with Crippen molar-refractivity contribution in [3.05, 3.63) is 145 Å². The van der Waals surface area contributed by atoms with Gasteiger partial charge in [0, 0.05) is 16.7 Å². The van der Waals surface area contributed by atoms with Crippen LogP contribution in [0.2, 0.25) is 0 Å². The van der Waals surface area contributed by atoms with Crippen LogP contribution in [-0.4, -0.2) is 9.97 Å². The second-order valence-electron chi connectivity index (χ2n) is 9.22. The standard InChI is InChI=1S/C35H26N2/c1-25-18-20-28(21-19-25)33-24-34(31-16-8-14-29(22-31)26-10-4-2-5-11-26)37-35(36-33)32-17-9-15-30(23-32)27-12-6-3-7-13-27/h2-24H,1H3. The van der Waals surface area contributed by atoms with Crippen molar-refractivity contribution in [3.63, 3.8) is 0 Å². The van der Waals surface area contributed by atoms with Crippen LogP contribution < -0.4 is 0 Å². The molecule has 6 aromatic rings. The summed E-state index contributed by atoms with van der Waals surface area (Å²) < 4.78 is 0. The van der Waals surface area contributed by atoms with Crippen molar-refractivity contribution >= 4 is 0 Å². The van der Waals surface area contributed by atoms with Gasteiger partial charge < -0.3 is 0 Å². The number of benzene rings is 5. The van der Waals surface area contributed by atoms with Gasteiger partial charge in [-0.05, 0) is 47.4 Å². The van der Waals surface area contributed by atoms with Gasteiger partial charge in [-0.2, -0.15) is 0 Å². The van der Waals surface area contributed by atoms with Crippen LogP contribution >= 0.6 is 0 Å². The van der Waals surface area contributed by atoms with Crippen LogP contribution in [0.4, 0.5) is 0 Å². The van der Waals surface area contributed by atoms with Gasteiger partial charge in [0.15, 0.2) is 5.82 Å². The monoisotopic (exact) mass is 474 g/mol. The van der Waals surface area contributed by atoms with E-state index in [9.17, 15) is 0 Å². The molecule has 0 saturated heterocycles. The van der Waals surface area contributed by atoms with Gasteiger partial charge in [0.2, 0.25) is 0 Å². The summed E-state index contributed by atoms with van der Waals surface area (Å²) in [4.78, 5) is 10.1. The van der Waals surface area contributed by atoms with Crippen molar-refractivity contribution in [2.24, 2.45) is 0 Å². The van der Waals surface area contributed by atoms with E-state index in [1.165, 1.54) is 22.3 Å². The number of rotatable bonds is 5. The van der Waals surface area contributed by atoms with Gasteiger partial charge in [-0.15, -0.1) is 0 Å². The molecule has 0 radical (unpaired) electrons. The highest BCUT2D eigenvalue weighted by Gasteiger charge is 2.12. The maximum absolute atomic E-state index is 5.08. The molecule has 0 fully saturated rings. The second kappa shape index (κ2) is 10.0. The molecule has 0 unspecified atom stereocenters. The number of aromatic nitrogens is 2. The molecule has 0 spiro atoms. The van der Waals surface area contributed by atoms with Crippen LogP contribution in [0.25, 0.3) is 56.2 Å². The molecule has 0 aliphatic rings.